The van der Waals surface area contributed by atoms with Gasteiger partial charge in [0.25, 0.3) is 0 Å². The standard InChI is InChI=1S/C11H14O3S/c1-10-6-4-3-5-7(6)11(2,14-10)13-9(5)15-8(4)12-10/h4-9H,3H2,1-2H3. The second kappa shape index (κ2) is 2.01. The predicted octanol–water partition coefficient (Wildman–Crippen LogP) is 1.78. The van der Waals surface area contributed by atoms with Crippen LogP contribution in [0.1, 0.15) is 20.3 Å². The van der Waals surface area contributed by atoms with Crippen molar-refractivity contribution in [3.05, 3.63) is 0 Å². The van der Waals surface area contributed by atoms with Gasteiger partial charge in [-0.05, 0) is 20.3 Å². The molecule has 5 fully saturated rings. The zero-order valence-electron chi connectivity index (χ0n) is 8.80. The number of hydrogen-bond donors (Lipinski definition) is 0. The molecule has 0 amide bonds. The van der Waals surface area contributed by atoms with Crippen molar-refractivity contribution in [3.8, 4) is 0 Å². The summed E-state index contributed by atoms with van der Waals surface area (Å²) in [6, 6.07) is 0. The average molecular weight is 226 g/mol. The lowest BCUT2D eigenvalue weighted by molar-refractivity contribution is -0.304. The number of ether oxygens (including phenoxy) is 3. The van der Waals surface area contributed by atoms with Crippen LogP contribution in [-0.2, 0) is 14.2 Å². The van der Waals surface area contributed by atoms with Crippen molar-refractivity contribution in [2.24, 2.45) is 23.7 Å². The van der Waals surface area contributed by atoms with E-state index >= 15 is 0 Å². The third-order valence-electron chi connectivity index (χ3n) is 5.14. The molecule has 82 valence electrons. The lowest BCUT2D eigenvalue weighted by Crippen LogP contribution is -2.38. The molecular weight excluding hydrogens is 212 g/mol. The largest absolute Gasteiger partial charge is 0.336 e. The molecule has 15 heavy (non-hydrogen) atoms. The first-order valence-electron chi connectivity index (χ1n) is 5.82. The quantitative estimate of drug-likeness (QED) is 0.629. The maximum absolute atomic E-state index is 6.13. The topological polar surface area (TPSA) is 27.7 Å². The molecule has 5 rings (SSSR count). The van der Waals surface area contributed by atoms with Crippen LogP contribution in [0.4, 0.5) is 0 Å². The Morgan fingerprint density at radius 2 is 1.53 bits per heavy atom. The molecule has 0 N–H and O–H groups in total. The normalized spacial score (nSPS) is 77.2. The van der Waals surface area contributed by atoms with Crippen molar-refractivity contribution in [1.82, 2.24) is 0 Å². The Balaban J connectivity index is 1.80. The fraction of sp³-hybridized carbons (Fsp3) is 1.00. The van der Waals surface area contributed by atoms with Crippen molar-refractivity contribution >= 4 is 11.8 Å². The fourth-order valence-corrected chi connectivity index (χ4v) is 6.62. The van der Waals surface area contributed by atoms with E-state index in [1.807, 2.05) is 11.8 Å². The molecule has 8 atom stereocenters. The summed E-state index contributed by atoms with van der Waals surface area (Å²) in [5, 5.41) is 0. The van der Waals surface area contributed by atoms with Gasteiger partial charge in [-0.1, -0.05) is 11.8 Å². The zero-order valence-corrected chi connectivity index (χ0v) is 9.62. The second-order valence-electron chi connectivity index (χ2n) is 5.86. The molecule has 4 heterocycles. The molecule has 4 heteroatoms. The van der Waals surface area contributed by atoms with E-state index < -0.39 is 0 Å². The molecule has 0 aromatic rings. The number of rotatable bonds is 0. The highest BCUT2D eigenvalue weighted by molar-refractivity contribution is 8.00. The van der Waals surface area contributed by atoms with Gasteiger partial charge in [0.2, 0.25) is 0 Å². The van der Waals surface area contributed by atoms with E-state index in [0.717, 1.165) is 11.8 Å². The van der Waals surface area contributed by atoms with E-state index in [0.29, 0.717) is 22.7 Å². The van der Waals surface area contributed by atoms with Gasteiger partial charge in [-0.25, -0.2) is 0 Å². The van der Waals surface area contributed by atoms with Crippen LogP contribution >= 0.6 is 11.8 Å². The maximum Gasteiger partial charge on any atom is 0.174 e. The Morgan fingerprint density at radius 1 is 1.00 bits per heavy atom. The van der Waals surface area contributed by atoms with Gasteiger partial charge in [0, 0.05) is 23.7 Å². The van der Waals surface area contributed by atoms with Crippen LogP contribution in [0.5, 0.6) is 0 Å². The molecule has 3 nitrogen and oxygen atoms in total. The molecule has 2 bridgehead atoms. The van der Waals surface area contributed by atoms with Gasteiger partial charge in [-0.2, -0.15) is 0 Å². The highest BCUT2D eigenvalue weighted by Crippen LogP contribution is 2.74. The Hall–Kier alpha value is 0.230. The highest BCUT2D eigenvalue weighted by atomic mass is 32.2. The molecule has 0 aromatic carbocycles. The van der Waals surface area contributed by atoms with E-state index in [1.165, 1.54) is 6.42 Å². The minimum atomic E-state index is -0.359. The van der Waals surface area contributed by atoms with Crippen molar-refractivity contribution < 1.29 is 14.2 Å². The molecule has 5 aliphatic rings. The maximum atomic E-state index is 6.13. The molecule has 1 saturated carbocycles. The molecule has 1 aliphatic carbocycles. The van der Waals surface area contributed by atoms with Crippen molar-refractivity contribution in [2.75, 3.05) is 0 Å². The Kier molecular flexibility index (Phi) is 1.12. The third-order valence-corrected chi connectivity index (χ3v) is 6.57. The minimum Gasteiger partial charge on any atom is -0.336 e. The first-order chi connectivity index (χ1) is 7.11. The lowest BCUT2D eigenvalue weighted by Gasteiger charge is -2.35. The zero-order chi connectivity index (χ0) is 10.00. The molecule has 4 saturated heterocycles. The summed E-state index contributed by atoms with van der Waals surface area (Å²) >= 11 is 1.90. The van der Waals surface area contributed by atoms with Gasteiger partial charge in [0.1, 0.15) is 10.9 Å². The predicted molar refractivity (Wildman–Crippen MR) is 53.8 cm³/mol. The van der Waals surface area contributed by atoms with E-state index in [1.54, 1.807) is 0 Å². The van der Waals surface area contributed by atoms with E-state index in [2.05, 4.69) is 13.8 Å². The van der Waals surface area contributed by atoms with Crippen LogP contribution in [0.2, 0.25) is 0 Å². The Labute approximate surface area is 92.8 Å². The van der Waals surface area contributed by atoms with Gasteiger partial charge in [-0.3, -0.25) is 0 Å². The number of hydrogen-bond acceptors (Lipinski definition) is 4. The number of thioether (sulfide) groups is 1. The van der Waals surface area contributed by atoms with Crippen molar-refractivity contribution in [3.63, 3.8) is 0 Å². The lowest BCUT2D eigenvalue weighted by atomic mass is 9.83. The summed E-state index contributed by atoms with van der Waals surface area (Å²) in [5.74, 6) is 1.88. The Bertz CT molecular complexity index is 343. The van der Waals surface area contributed by atoms with Gasteiger partial charge in [-0.15, -0.1) is 0 Å². The van der Waals surface area contributed by atoms with Gasteiger partial charge < -0.3 is 14.2 Å². The highest BCUT2D eigenvalue weighted by Gasteiger charge is 2.79. The van der Waals surface area contributed by atoms with Crippen LogP contribution < -0.4 is 0 Å². The first-order valence-corrected chi connectivity index (χ1v) is 6.76. The van der Waals surface area contributed by atoms with E-state index in [4.69, 9.17) is 14.2 Å². The summed E-state index contributed by atoms with van der Waals surface area (Å²) in [7, 11) is 0. The van der Waals surface area contributed by atoms with Gasteiger partial charge in [0.05, 0.1) is 0 Å². The first kappa shape index (κ1) is 8.34. The minimum absolute atomic E-state index is 0.330. The van der Waals surface area contributed by atoms with Crippen LogP contribution in [0.3, 0.4) is 0 Å². The van der Waals surface area contributed by atoms with E-state index in [9.17, 15) is 0 Å². The van der Waals surface area contributed by atoms with Gasteiger partial charge >= 0.3 is 0 Å². The van der Waals surface area contributed by atoms with E-state index in [-0.39, 0.29) is 11.6 Å². The summed E-state index contributed by atoms with van der Waals surface area (Å²) in [4.78, 5) is 0. The third kappa shape index (κ3) is 0.673. The second-order valence-corrected chi connectivity index (χ2v) is 7.06. The average Bonchev–Trinajstić information content (AvgIpc) is 2.70. The summed E-state index contributed by atoms with van der Waals surface area (Å²) in [5.41, 5.74) is 0.659. The molecule has 0 aromatic heterocycles. The summed E-state index contributed by atoms with van der Waals surface area (Å²) in [6.07, 6.45) is 1.30. The van der Waals surface area contributed by atoms with Crippen LogP contribution in [0, 0.1) is 23.7 Å². The SMILES string of the molecule is CC12OC3SC4OC(C)(O1)C1C4CC3C12. The molecule has 8 unspecified atom stereocenters. The molecule has 4 aliphatic heterocycles. The van der Waals surface area contributed by atoms with Gasteiger partial charge in [0.15, 0.2) is 11.6 Å². The summed E-state index contributed by atoms with van der Waals surface area (Å²) < 4.78 is 18.4. The molecular formula is C11H14O3S. The van der Waals surface area contributed by atoms with Crippen molar-refractivity contribution in [2.45, 2.75) is 42.7 Å². The van der Waals surface area contributed by atoms with Crippen molar-refractivity contribution in [1.29, 1.82) is 0 Å². The van der Waals surface area contributed by atoms with Crippen LogP contribution in [-0.4, -0.2) is 22.4 Å². The molecule has 0 radical (unpaired) electrons. The molecule has 0 spiro atoms. The monoisotopic (exact) mass is 226 g/mol. The Morgan fingerprint density at radius 3 is 2.07 bits per heavy atom. The summed E-state index contributed by atoms with van der Waals surface area (Å²) in [6.45, 7) is 4.22. The fourth-order valence-electron chi connectivity index (χ4n) is 4.90. The van der Waals surface area contributed by atoms with Crippen LogP contribution in [0.15, 0.2) is 0 Å². The smallest absolute Gasteiger partial charge is 0.174 e. The van der Waals surface area contributed by atoms with Crippen LogP contribution in [0.25, 0.3) is 0 Å².